The minimum atomic E-state index is -0.446. The molecule has 0 radical (unpaired) electrons. The average molecular weight is 471 g/mol. The van der Waals surface area contributed by atoms with E-state index in [1.54, 1.807) is 19.1 Å². The summed E-state index contributed by atoms with van der Waals surface area (Å²) in [6.07, 6.45) is 0. The number of nitrogens with one attached hydrogen (secondary N) is 1. The number of hydrogen-bond donors (Lipinski definition) is 1. The summed E-state index contributed by atoms with van der Waals surface area (Å²) in [5, 5.41) is 0. The number of benzene rings is 3. The number of hydrogen-bond acceptors (Lipinski definition) is 3. The maximum absolute atomic E-state index is 14.1. The summed E-state index contributed by atoms with van der Waals surface area (Å²) in [5.41, 5.74) is 3.69. The molecular weight excluding hydrogens is 438 g/mol. The van der Waals surface area contributed by atoms with Crippen LogP contribution in [0.4, 0.5) is 0 Å². The van der Waals surface area contributed by atoms with Crippen molar-refractivity contribution < 1.29 is 19.2 Å². The van der Waals surface area contributed by atoms with Gasteiger partial charge in [0.15, 0.2) is 0 Å². The third kappa shape index (κ3) is 4.54. The number of fused-ring (bicyclic) bond motifs is 1. The molecule has 2 atom stereocenters. The molecule has 0 aromatic heterocycles. The molecule has 180 valence electrons. The molecule has 6 heteroatoms. The average Bonchev–Trinajstić information content (AvgIpc) is 2.91. The van der Waals surface area contributed by atoms with Crippen molar-refractivity contribution in [2.45, 2.75) is 18.5 Å². The Morgan fingerprint density at radius 2 is 1.60 bits per heavy atom. The van der Waals surface area contributed by atoms with Gasteiger partial charge in [0.05, 0.1) is 45.2 Å². The fourth-order valence-electron chi connectivity index (χ4n) is 5.46. The second-order valence-electron chi connectivity index (χ2n) is 9.44. The Balaban J connectivity index is 1.41. The molecular formula is C29H32N3O3+. The first-order valence-corrected chi connectivity index (χ1v) is 12.2. The molecule has 2 aliphatic heterocycles. The van der Waals surface area contributed by atoms with Crippen molar-refractivity contribution in [1.29, 1.82) is 0 Å². The van der Waals surface area contributed by atoms with Crippen LogP contribution in [0, 0.1) is 0 Å². The van der Waals surface area contributed by atoms with Gasteiger partial charge in [-0.2, -0.15) is 0 Å². The summed E-state index contributed by atoms with van der Waals surface area (Å²) in [7, 11) is 3.43. The summed E-state index contributed by atoms with van der Waals surface area (Å²) in [6, 6.07) is 25.4. The fourth-order valence-corrected chi connectivity index (χ4v) is 5.46. The van der Waals surface area contributed by atoms with E-state index in [1.165, 1.54) is 10.5 Å². The van der Waals surface area contributed by atoms with Crippen LogP contribution in [-0.2, 0) is 11.3 Å². The highest BCUT2D eigenvalue weighted by Gasteiger charge is 2.44. The molecule has 2 aliphatic rings. The molecule has 2 heterocycles. The summed E-state index contributed by atoms with van der Waals surface area (Å²) in [6.45, 7) is 4.23. The predicted molar refractivity (Wildman–Crippen MR) is 134 cm³/mol. The Labute approximate surface area is 206 Å². The van der Waals surface area contributed by atoms with Gasteiger partial charge < -0.3 is 19.4 Å². The van der Waals surface area contributed by atoms with E-state index >= 15 is 0 Å². The second kappa shape index (κ2) is 9.92. The number of piperazine rings is 1. The van der Waals surface area contributed by atoms with E-state index in [2.05, 4.69) is 24.3 Å². The van der Waals surface area contributed by atoms with Crippen molar-refractivity contribution in [3.05, 3.63) is 101 Å². The van der Waals surface area contributed by atoms with Crippen molar-refractivity contribution in [3.8, 4) is 5.75 Å². The van der Waals surface area contributed by atoms with E-state index in [-0.39, 0.29) is 17.9 Å². The predicted octanol–water partition coefficient (Wildman–Crippen LogP) is 2.53. The van der Waals surface area contributed by atoms with Crippen molar-refractivity contribution in [3.63, 3.8) is 0 Å². The van der Waals surface area contributed by atoms with E-state index in [0.717, 1.165) is 36.5 Å². The first-order valence-electron chi connectivity index (χ1n) is 12.2. The Kier molecular flexibility index (Phi) is 6.55. The van der Waals surface area contributed by atoms with Crippen LogP contribution in [0.1, 0.15) is 39.0 Å². The Morgan fingerprint density at radius 3 is 2.29 bits per heavy atom. The topological polar surface area (TPSA) is 54.3 Å². The van der Waals surface area contributed by atoms with Gasteiger partial charge in [-0.15, -0.1) is 0 Å². The van der Waals surface area contributed by atoms with Gasteiger partial charge in [-0.05, 0) is 29.3 Å². The molecule has 6 nitrogen and oxygen atoms in total. The van der Waals surface area contributed by atoms with Crippen molar-refractivity contribution >= 4 is 11.8 Å². The van der Waals surface area contributed by atoms with E-state index < -0.39 is 5.92 Å². The highest BCUT2D eigenvalue weighted by Crippen LogP contribution is 2.43. The van der Waals surface area contributed by atoms with E-state index in [4.69, 9.17) is 4.74 Å². The van der Waals surface area contributed by atoms with E-state index in [9.17, 15) is 9.59 Å². The van der Waals surface area contributed by atoms with Crippen LogP contribution in [0.3, 0.4) is 0 Å². The van der Waals surface area contributed by atoms with Crippen LogP contribution in [0.15, 0.2) is 78.9 Å². The quantitative estimate of drug-likeness (QED) is 0.624. The minimum Gasteiger partial charge on any atom is -0.497 e. The summed E-state index contributed by atoms with van der Waals surface area (Å²) in [4.78, 5) is 32.6. The SMILES string of the molecule is COc1ccc(C2C(C(=O)N3CC[NH+](Cc4ccccc4)CC3)c3ccccc3C(=O)N2C)cc1. The third-order valence-electron chi connectivity index (χ3n) is 7.38. The van der Waals surface area contributed by atoms with Gasteiger partial charge in [0.25, 0.3) is 5.91 Å². The highest BCUT2D eigenvalue weighted by atomic mass is 16.5. The lowest BCUT2D eigenvalue weighted by Crippen LogP contribution is -3.13. The number of methoxy groups -OCH3 is 1. The lowest BCUT2D eigenvalue weighted by Gasteiger charge is -2.42. The number of amides is 2. The lowest BCUT2D eigenvalue weighted by molar-refractivity contribution is -0.917. The monoisotopic (exact) mass is 470 g/mol. The van der Waals surface area contributed by atoms with Gasteiger partial charge in [-0.1, -0.05) is 60.7 Å². The summed E-state index contributed by atoms with van der Waals surface area (Å²) >= 11 is 0. The van der Waals surface area contributed by atoms with Gasteiger partial charge in [0.1, 0.15) is 12.3 Å². The molecule has 1 N–H and O–H groups in total. The van der Waals surface area contributed by atoms with Crippen molar-refractivity contribution in [2.75, 3.05) is 40.3 Å². The zero-order valence-corrected chi connectivity index (χ0v) is 20.3. The first-order chi connectivity index (χ1) is 17.1. The van der Waals surface area contributed by atoms with E-state index in [0.29, 0.717) is 18.7 Å². The molecule has 0 bridgehead atoms. The number of nitrogens with zero attached hydrogens (tertiary/aromatic N) is 2. The zero-order chi connectivity index (χ0) is 24.4. The van der Waals surface area contributed by atoms with Crippen LogP contribution in [-0.4, -0.2) is 62.0 Å². The number of likely N-dealkylation sites (N-methyl/N-ethyl adjacent to an activating group) is 1. The molecule has 3 aromatic rings. The third-order valence-corrected chi connectivity index (χ3v) is 7.38. The summed E-state index contributed by atoms with van der Waals surface area (Å²) in [5.74, 6) is 0.344. The largest absolute Gasteiger partial charge is 0.497 e. The summed E-state index contributed by atoms with van der Waals surface area (Å²) < 4.78 is 5.32. The standard InChI is InChI=1S/C29H31N3O3/c1-30-27(22-12-14-23(35-2)15-13-22)26(24-10-6-7-11-25(24)28(30)33)29(34)32-18-16-31(17-19-32)20-21-8-4-3-5-9-21/h3-15,26-27H,16-20H2,1-2H3/p+1. The van der Waals surface area contributed by atoms with Crippen LogP contribution in [0.25, 0.3) is 0 Å². The molecule has 0 aliphatic carbocycles. The van der Waals surface area contributed by atoms with Gasteiger partial charge in [-0.25, -0.2) is 0 Å². The second-order valence-corrected chi connectivity index (χ2v) is 9.44. The van der Waals surface area contributed by atoms with Crippen LogP contribution in [0.2, 0.25) is 0 Å². The molecule has 5 rings (SSSR count). The molecule has 0 saturated carbocycles. The maximum atomic E-state index is 14.1. The molecule has 2 unspecified atom stereocenters. The number of rotatable bonds is 5. The van der Waals surface area contributed by atoms with Gasteiger partial charge in [0.2, 0.25) is 5.91 Å². The van der Waals surface area contributed by atoms with Gasteiger partial charge >= 0.3 is 0 Å². The van der Waals surface area contributed by atoms with Crippen LogP contribution >= 0.6 is 0 Å². The molecule has 0 spiro atoms. The smallest absolute Gasteiger partial charge is 0.254 e. The normalized spacial score (nSPS) is 20.5. The zero-order valence-electron chi connectivity index (χ0n) is 20.3. The van der Waals surface area contributed by atoms with E-state index in [1.807, 2.05) is 59.5 Å². The Hall–Kier alpha value is -3.64. The Morgan fingerprint density at radius 1 is 0.943 bits per heavy atom. The molecule has 1 saturated heterocycles. The van der Waals surface area contributed by atoms with Crippen molar-refractivity contribution in [2.24, 2.45) is 0 Å². The Bertz CT molecular complexity index is 1190. The number of quaternary nitrogens is 1. The van der Waals surface area contributed by atoms with Gasteiger partial charge in [-0.3, -0.25) is 9.59 Å². The number of ether oxygens (including phenoxy) is 1. The molecule has 3 aromatic carbocycles. The van der Waals surface area contributed by atoms with Crippen molar-refractivity contribution in [1.82, 2.24) is 9.80 Å². The highest BCUT2D eigenvalue weighted by molar-refractivity contribution is 6.01. The fraction of sp³-hybridized carbons (Fsp3) is 0.310. The van der Waals surface area contributed by atoms with Crippen LogP contribution in [0.5, 0.6) is 5.75 Å². The maximum Gasteiger partial charge on any atom is 0.254 e. The first kappa shape index (κ1) is 23.1. The number of carbonyl (C=O) groups excluding carboxylic acids is 2. The lowest BCUT2D eigenvalue weighted by atomic mass is 9.79. The van der Waals surface area contributed by atoms with Gasteiger partial charge in [0, 0.05) is 18.2 Å². The minimum absolute atomic E-state index is 0.0532. The van der Waals surface area contributed by atoms with Crippen LogP contribution < -0.4 is 9.64 Å². The molecule has 35 heavy (non-hydrogen) atoms. The number of carbonyl (C=O) groups is 2. The molecule has 1 fully saturated rings. The molecule has 2 amide bonds.